The summed E-state index contributed by atoms with van der Waals surface area (Å²) < 4.78 is 48.8. The summed E-state index contributed by atoms with van der Waals surface area (Å²) in [6.45, 7) is 10.0. The van der Waals surface area contributed by atoms with Crippen LogP contribution in [0.25, 0.3) is 11.1 Å². The Morgan fingerprint density at radius 2 is 1.76 bits per heavy atom. The number of hydrogen-bond donors (Lipinski definition) is 2. The quantitative estimate of drug-likeness (QED) is 0.234. The smallest absolute Gasteiger partial charge is 0.416 e. The minimum atomic E-state index is -4.41. The molecule has 0 saturated carbocycles. The van der Waals surface area contributed by atoms with Gasteiger partial charge in [0.05, 0.1) is 18.0 Å². The van der Waals surface area contributed by atoms with E-state index >= 15 is 0 Å². The lowest BCUT2D eigenvalue weighted by atomic mass is 10.00. The van der Waals surface area contributed by atoms with Crippen LogP contribution in [0, 0.1) is 20.8 Å². The van der Waals surface area contributed by atoms with E-state index in [0.29, 0.717) is 34.3 Å². The van der Waals surface area contributed by atoms with E-state index in [-0.39, 0.29) is 11.9 Å². The predicted molar refractivity (Wildman–Crippen MR) is 150 cm³/mol. The number of aromatic nitrogens is 1. The molecule has 4 N–H and O–H groups in total. The minimum absolute atomic E-state index is 0. The van der Waals surface area contributed by atoms with Gasteiger partial charge in [-0.2, -0.15) is 13.2 Å². The molecule has 5 nitrogen and oxygen atoms in total. The lowest BCUT2D eigenvalue weighted by molar-refractivity contribution is -0.137. The highest BCUT2D eigenvalue weighted by molar-refractivity contribution is 6.18. The number of nitrogens with zero attached hydrogens (tertiary/aromatic N) is 1. The zero-order valence-corrected chi connectivity index (χ0v) is 23.5. The van der Waals surface area contributed by atoms with Gasteiger partial charge in [0.15, 0.2) is 11.3 Å². The number of rotatable bonds is 6. The molecule has 0 bridgehead atoms. The number of furan rings is 1. The molecular formula is C29H37ClF3N3O2. The number of halogens is 4. The second-order valence-electron chi connectivity index (χ2n) is 8.28. The summed E-state index contributed by atoms with van der Waals surface area (Å²) >= 11 is 5.84. The standard InChI is InChI=1S/C15H10F3NO2.C12H18ClN.C2H6.H3N/c1-9-13(8-19-12-5-6-20-14(9)12)21-11-4-2-3-10(7-11)15(16,17)18;1-9-4-5-11(10(2)6-9)7-12(8-13)14-3;1-2;/h2-8H,1H3;4-6,12,14H,7-8H2,1-3H3;1-2H3;1H3. The molecule has 0 amide bonds. The van der Waals surface area contributed by atoms with E-state index in [9.17, 15) is 13.2 Å². The van der Waals surface area contributed by atoms with Crippen molar-refractivity contribution in [2.75, 3.05) is 12.9 Å². The number of ether oxygens (including phenoxy) is 1. The summed E-state index contributed by atoms with van der Waals surface area (Å²) in [5.74, 6) is 1.11. The topological polar surface area (TPSA) is 82.3 Å². The Morgan fingerprint density at radius 1 is 1.05 bits per heavy atom. The molecule has 0 aliphatic rings. The Hall–Kier alpha value is -3.07. The Morgan fingerprint density at radius 3 is 2.37 bits per heavy atom. The van der Waals surface area contributed by atoms with Crippen molar-refractivity contribution in [2.45, 2.75) is 53.3 Å². The third-order valence-corrected chi connectivity index (χ3v) is 6.00. The van der Waals surface area contributed by atoms with Crippen molar-refractivity contribution in [3.8, 4) is 11.5 Å². The number of alkyl halides is 4. The third-order valence-electron chi connectivity index (χ3n) is 5.62. The fourth-order valence-electron chi connectivity index (χ4n) is 3.56. The van der Waals surface area contributed by atoms with Gasteiger partial charge in [-0.3, -0.25) is 0 Å². The molecule has 4 aromatic rings. The van der Waals surface area contributed by atoms with Crippen LogP contribution >= 0.6 is 11.6 Å². The van der Waals surface area contributed by atoms with Gasteiger partial charge in [-0.1, -0.05) is 43.7 Å². The first-order chi connectivity index (χ1) is 17.6. The lowest BCUT2D eigenvalue weighted by Crippen LogP contribution is -2.29. The average Bonchev–Trinajstić information content (AvgIpc) is 3.37. The number of nitrogens with one attached hydrogen (secondary N) is 1. The van der Waals surface area contributed by atoms with Crippen molar-refractivity contribution in [1.82, 2.24) is 16.5 Å². The first-order valence-corrected chi connectivity index (χ1v) is 12.6. The molecule has 38 heavy (non-hydrogen) atoms. The van der Waals surface area contributed by atoms with E-state index in [2.05, 4.69) is 42.3 Å². The Labute approximate surface area is 228 Å². The van der Waals surface area contributed by atoms with Gasteiger partial charge >= 0.3 is 6.18 Å². The molecule has 0 fully saturated rings. The lowest BCUT2D eigenvalue weighted by Gasteiger charge is -2.14. The number of pyridine rings is 1. The molecule has 2 aromatic heterocycles. The molecule has 0 saturated heterocycles. The average molecular weight is 552 g/mol. The molecule has 0 aliphatic carbocycles. The largest absolute Gasteiger partial charge is 0.462 e. The van der Waals surface area contributed by atoms with Crippen LogP contribution in [0.5, 0.6) is 11.5 Å². The van der Waals surface area contributed by atoms with Crippen molar-refractivity contribution in [3.05, 3.63) is 88.8 Å². The first-order valence-electron chi connectivity index (χ1n) is 12.1. The fourth-order valence-corrected chi connectivity index (χ4v) is 3.82. The Kier molecular flexibility index (Phi) is 13.3. The Bertz CT molecular complexity index is 1270. The van der Waals surface area contributed by atoms with Crippen LogP contribution < -0.4 is 16.2 Å². The van der Waals surface area contributed by atoms with Crippen molar-refractivity contribution in [1.29, 1.82) is 0 Å². The second kappa shape index (κ2) is 15.4. The van der Waals surface area contributed by atoms with E-state index < -0.39 is 11.7 Å². The zero-order chi connectivity index (χ0) is 27.6. The van der Waals surface area contributed by atoms with Crippen molar-refractivity contribution in [3.63, 3.8) is 0 Å². The maximum absolute atomic E-state index is 12.7. The number of fused-ring (bicyclic) bond motifs is 1. The molecule has 1 unspecified atom stereocenters. The Balaban J connectivity index is 0.000000373. The summed E-state index contributed by atoms with van der Waals surface area (Å²) in [7, 11) is 1.95. The summed E-state index contributed by atoms with van der Waals surface area (Å²) in [6, 6.07) is 13.3. The van der Waals surface area contributed by atoms with Gasteiger partial charge in [-0.25, -0.2) is 4.98 Å². The van der Waals surface area contributed by atoms with Gasteiger partial charge in [0.25, 0.3) is 0 Å². The SMILES string of the molecule is CC.CNC(CCl)Cc1ccc(C)cc1C.Cc1c(Oc2cccc(C(F)(F)F)c2)cnc2ccoc12.N. The highest BCUT2D eigenvalue weighted by Crippen LogP contribution is 2.34. The third kappa shape index (κ3) is 9.04. The molecule has 0 aliphatic heterocycles. The van der Waals surface area contributed by atoms with E-state index in [4.69, 9.17) is 20.8 Å². The monoisotopic (exact) mass is 551 g/mol. The van der Waals surface area contributed by atoms with Crippen molar-refractivity contribution in [2.24, 2.45) is 0 Å². The fraction of sp³-hybridized carbons (Fsp3) is 0.345. The van der Waals surface area contributed by atoms with Crippen LogP contribution in [0.15, 0.2) is 65.4 Å². The number of benzene rings is 2. The second-order valence-corrected chi connectivity index (χ2v) is 8.59. The van der Waals surface area contributed by atoms with E-state index in [1.54, 1.807) is 13.0 Å². The number of hydrogen-bond acceptors (Lipinski definition) is 5. The predicted octanol–water partition coefficient (Wildman–Crippen LogP) is 8.81. The summed E-state index contributed by atoms with van der Waals surface area (Å²) in [4.78, 5) is 4.13. The highest BCUT2D eigenvalue weighted by Gasteiger charge is 2.30. The maximum Gasteiger partial charge on any atom is 0.416 e. The minimum Gasteiger partial charge on any atom is -0.462 e. The first kappa shape index (κ1) is 33.0. The number of aryl methyl sites for hydroxylation is 3. The maximum atomic E-state index is 12.7. The van der Waals surface area contributed by atoms with Crippen LogP contribution in [-0.4, -0.2) is 24.0 Å². The molecule has 1 atom stereocenters. The van der Waals surface area contributed by atoms with Crippen LogP contribution in [0.3, 0.4) is 0 Å². The van der Waals surface area contributed by atoms with E-state index in [1.165, 1.54) is 41.3 Å². The van der Waals surface area contributed by atoms with Crippen LogP contribution in [0.4, 0.5) is 13.2 Å². The van der Waals surface area contributed by atoms with Gasteiger partial charge in [-0.05, 0) is 63.6 Å². The van der Waals surface area contributed by atoms with Crippen molar-refractivity contribution >= 4 is 22.7 Å². The summed E-state index contributed by atoms with van der Waals surface area (Å²) in [6.07, 6.45) is -0.435. The van der Waals surface area contributed by atoms with Crippen LogP contribution in [0.2, 0.25) is 0 Å². The van der Waals surface area contributed by atoms with Gasteiger partial charge in [-0.15, -0.1) is 11.6 Å². The van der Waals surface area contributed by atoms with Gasteiger partial charge < -0.3 is 20.6 Å². The normalized spacial score (nSPS) is 11.4. The summed E-state index contributed by atoms with van der Waals surface area (Å²) in [5, 5.41) is 3.21. The van der Waals surface area contributed by atoms with Crippen LogP contribution in [-0.2, 0) is 12.6 Å². The van der Waals surface area contributed by atoms with E-state index in [1.807, 2.05) is 20.9 Å². The van der Waals surface area contributed by atoms with E-state index in [0.717, 1.165) is 18.6 Å². The number of likely N-dealkylation sites (N-methyl/N-ethyl adjacent to an activating group) is 1. The molecule has 4 rings (SSSR count). The van der Waals surface area contributed by atoms with Crippen molar-refractivity contribution < 1.29 is 22.3 Å². The molecule has 2 heterocycles. The molecule has 9 heteroatoms. The zero-order valence-electron chi connectivity index (χ0n) is 22.7. The van der Waals surface area contributed by atoms with Gasteiger partial charge in [0, 0.05) is 23.6 Å². The summed E-state index contributed by atoms with van der Waals surface area (Å²) in [5.41, 5.74) is 5.21. The van der Waals surface area contributed by atoms with Gasteiger partial charge in [0.1, 0.15) is 11.3 Å². The molecule has 0 spiro atoms. The van der Waals surface area contributed by atoms with Gasteiger partial charge in [0.2, 0.25) is 0 Å². The van der Waals surface area contributed by atoms with Crippen LogP contribution in [0.1, 0.15) is 41.7 Å². The molecule has 2 aromatic carbocycles. The highest BCUT2D eigenvalue weighted by atomic mass is 35.5. The molecular weight excluding hydrogens is 515 g/mol. The molecule has 0 radical (unpaired) electrons. The molecule has 208 valence electrons.